The molecule has 0 saturated carbocycles. The van der Waals surface area contributed by atoms with Gasteiger partial charge in [-0.25, -0.2) is 4.79 Å². The van der Waals surface area contributed by atoms with E-state index in [0.29, 0.717) is 12.2 Å². The van der Waals surface area contributed by atoms with Crippen LogP contribution in [0.4, 0.5) is 0 Å². The Morgan fingerprint density at radius 2 is 2.00 bits per heavy atom. The van der Waals surface area contributed by atoms with Gasteiger partial charge in [0.1, 0.15) is 12.4 Å². The third-order valence-electron chi connectivity index (χ3n) is 1.88. The number of carbonyl (C=O) groups is 1. The molecule has 0 radical (unpaired) electrons. The normalized spacial score (nSPS) is 10.4. The van der Waals surface area contributed by atoms with Crippen molar-refractivity contribution in [2.45, 2.75) is 0 Å². The van der Waals surface area contributed by atoms with Gasteiger partial charge in [0.05, 0.1) is 12.7 Å². The molecular weight excluding hydrogens is 272 g/mol. The average molecular weight is 285 g/mol. The number of methoxy groups -OCH3 is 1. The van der Waals surface area contributed by atoms with Crippen molar-refractivity contribution in [3.8, 4) is 5.75 Å². The first-order valence-electron chi connectivity index (χ1n) is 4.80. The van der Waals surface area contributed by atoms with Gasteiger partial charge in [-0.3, -0.25) is 0 Å². The Morgan fingerprint density at radius 1 is 1.31 bits per heavy atom. The summed E-state index contributed by atoms with van der Waals surface area (Å²) in [6, 6.07) is 6.84. The predicted octanol–water partition coefficient (Wildman–Crippen LogP) is 2.80. The zero-order valence-corrected chi connectivity index (χ0v) is 10.6. The summed E-state index contributed by atoms with van der Waals surface area (Å²) in [5.41, 5.74) is 0.519. The molecule has 16 heavy (non-hydrogen) atoms. The molecule has 1 aromatic rings. The number of ether oxygens (including phenoxy) is 2. The second-order valence-electron chi connectivity index (χ2n) is 2.95. The van der Waals surface area contributed by atoms with Crippen molar-refractivity contribution in [3.05, 3.63) is 42.0 Å². The number of esters is 1. The summed E-state index contributed by atoms with van der Waals surface area (Å²) in [5, 5.41) is 0.817. The predicted molar refractivity (Wildman–Crippen MR) is 66.2 cm³/mol. The van der Waals surface area contributed by atoms with Crippen LogP contribution in [0.1, 0.15) is 10.4 Å². The van der Waals surface area contributed by atoms with Gasteiger partial charge in [0.2, 0.25) is 0 Å². The topological polar surface area (TPSA) is 35.5 Å². The van der Waals surface area contributed by atoms with Crippen LogP contribution in [0.2, 0.25) is 0 Å². The number of hydrogen-bond donors (Lipinski definition) is 0. The monoisotopic (exact) mass is 284 g/mol. The van der Waals surface area contributed by atoms with E-state index in [9.17, 15) is 4.79 Å². The lowest BCUT2D eigenvalue weighted by Gasteiger charge is -2.03. The van der Waals surface area contributed by atoms with Gasteiger partial charge >= 0.3 is 5.97 Å². The molecule has 0 aliphatic rings. The Labute approximate surface area is 103 Å². The van der Waals surface area contributed by atoms with E-state index in [-0.39, 0.29) is 5.97 Å². The number of benzene rings is 1. The van der Waals surface area contributed by atoms with Gasteiger partial charge in [-0.2, -0.15) is 0 Å². The molecule has 0 aliphatic carbocycles. The van der Waals surface area contributed by atoms with Gasteiger partial charge in [-0.1, -0.05) is 28.1 Å². The van der Waals surface area contributed by atoms with Gasteiger partial charge in [0, 0.05) is 5.33 Å². The molecule has 0 bridgehead atoms. The van der Waals surface area contributed by atoms with Crippen molar-refractivity contribution in [1.29, 1.82) is 0 Å². The van der Waals surface area contributed by atoms with Crippen LogP contribution in [0, 0.1) is 0 Å². The fraction of sp³-hybridized carbons (Fsp3) is 0.250. The zero-order chi connectivity index (χ0) is 11.8. The van der Waals surface area contributed by atoms with Gasteiger partial charge in [0.15, 0.2) is 0 Å². The van der Waals surface area contributed by atoms with E-state index in [1.54, 1.807) is 24.3 Å². The Morgan fingerprint density at radius 3 is 2.56 bits per heavy atom. The van der Waals surface area contributed by atoms with Crippen molar-refractivity contribution in [2.24, 2.45) is 0 Å². The van der Waals surface area contributed by atoms with Gasteiger partial charge in [-0.05, 0) is 24.3 Å². The SMILES string of the molecule is COC(=O)c1ccc(OC/C=C/CBr)cc1. The minimum Gasteiger partial charge on any atom is -0.490 e. The number of halogens is 1. The molecule has 0 fully saturated rings. The van der Waals surface area contributed by atoms with Crippen LogP contribution in [-0.4, -0.2) is 25.0 Å². The van der Waals surface area contributed by atoms with E-state index in [4.69, 9.17) is 4.74 Å². The third-order valence-corrected chi connectivity index (χ3v) is 2.25. The van der Waals surface area contributed by atoms with Crippen LogP contribution in [-0.2, 0) is 4.74 Å². The number of rotatable bonds is 5. The van der Waals surface area contributed by atoms with E-state index < -0.39 is 0 Å². The Balaban J connectivity index is 2.51. The summed E-state index contributed by atoms with van der Waals surface area (Å²) >= 11 is 3.28. The largest absolute Gasteiger partial charge is 0.490 e. The van der Waals surface area contributed by atoms with E-state index in [1.807, 2.05) is 12.2 Å². The van der Waals surface area contributed by atoms with Gasteiger partial charge in [-0.15, -0.1) is 0 Å². The van der Waals surface area contributed by atoms with E-state index in [2.05, 4.69) is 20.7 Å². The fourth-order valence-corrected chi connectivity index (χ4v) is 1.34. The molecule has 0 aliphatic heterocycles. The molecule has 0 amide bonds. The second-order valence-corrected chi connectivity index (χ2v) is 3.60. The standard InChI is InChI=1S/C12H13BrO3/c1-15-12(14)10-4-6-11(7-5-10)16-9-3-2-8-13/h2-7H,8-9H2,1H3/b3-2+. The number of allylic oxidation sites excluding steroid dienone is 1. The molecule has 0 spiro atoms. The number of alkyl halides is 1. The van der Waals surface area contributed by atoms with E-state index in [1.165, 1.54) is 7.11 Å². The zero-order valence-electron chi connectivity index (χ0n) is 8.98. The molecule has 0 saturated heterocycles. The highest BCUT2D eigenvalue weighted by atomic mass is 79.9. The molecule has 1 rings (SSSR count). The quantitative estimate of drug-likeness (QED) is 0.474. The average Bonchev–Trinajstić information content (AvgIpc) is 2.34. The minimum absolute atomic E-state index is 0.342. The van der Waals surface area contributed by atoms with Crippen LogP contribution in [0.15, 0.2) is 36.4 Å². The smallest absolute Gasteiger partial charge is 0.337 e. The summed E-state index contributed by atoms with van der Waals surface area (Å²) in [5.74, 6) is 0.387. The van der Waals surface area contributed by atoms with Crippen molar-refractivity contribution >= 4 is 21.9 Å². The Bertz CT molecular complexity index is 357. The highest BCUT2D eigenvalue weighted by Crippen LogP contribution is 2.12. The highest BCUT2D eigenvalue weighted by molar-refractivity contribution is 9.09. The van der Waals surface area contributed by atoms with Crippen LogP contribution >= 0.6 is 15.9 Å². The third kappa shape index (κ3) is 4.06. The van der Waals surface area contributed by atoms with Crippen molar-refractivity contribution in [3.63, 3.8) is 0 Å². The highest BCUT2D eigenvalue weighted by Gasteiger charge is 2.03. The maximum absolute atomic E-state index is 11.1. The molecule has 0 aromatic heterocycles. The van der Waals surface area contributed by atoms with Crippen LogP contribution < -0.4 is 4.74 Å². The molecule has 0 atom stereocenters. The van der Waals surface area contributed by atoms with Crippen molar-refractivity contribution in [1.82, 2.24) is 0 Å². The lowest BCUT2D eigenvalue weighted by atomic mass is 10.2. The minimum atomic E-state index is -0.342. The molecule has 4 heteroatoms. The fourth-order valence-electron chi connectivity index (χ4n) is 1.08. The molecule has 0 unspecified atom stereocenters. The number of carbonyl (C=O) groups excluding carboxylic acids is 1. The van der Waals surface area contributed by atoms with Crippen LogP contribution in [0.25, 0.3) is 0 Å². The molecule has 86 valence electrons. The molecular formula is C12H13BrO3. The van der Waals surface area contributed by atoms with E-state index >= 15 is 0 Å². The maximum atomic E-state index is 11.1. The summed E-state index contributed by atoms with van der Waals surface area (Å²) in [6.07, 6.45) is 3.88. The molecule has 1 aromatic carbocycles. The lowest BCUT2D eigenvalue weighted by molar-refractivity contribution is 0.0600. The first-order chi connectivity index (χ1) is 7.77. The Hall–Kier alpha value is -1.29. The van der Waals surface area contributed by atoms with E-state index in [0.717, 1.165) is 11.1 Å². The summed E-state index contributed by atoms with van der Waals surface area (Å²) < 4.78 is 10.0. The first kappa shape index (κ1) is 12.8. The van der Waals surface area contributed by atoms with Crippen molar-refractivity contribution < 1.29 is 14.3 Å². The van der Waals surface area contributed by atoms with Crippen LogP contribution in [0.5, 0.6) is 5.75 Å². The first-order valence-corrected chi connectivity index (χ1v) is 5.92. The van der Waals surface area contributed by atoms with Gasteiger partial charge in [0.25, 0.3) is 0 Å². The Kier molecular flexibility index (Phi) is 5.64. The van der Waals surface area contributed by atoms with Crippen molar-refractivity contribution in [2.75, 3.05) is 19.0 Å². The van der Waals surface area contributed by atoms with Gasteiger partial charge < -0.3 is 9.47 Å². The maximum Gasteiger partial charge on any atom is 0.337 e. The lowest BCUT2D eigenvalue weighted by Crippen LogP contribution is -2.01. The molecule has 3 nitrogen and oxygen atoms in total. The van der Waals surface area contributed by atoms with Crippen LogP contribution in [0.3, 0.4) is 0 Å². The summed E-state index contributed by atoms with van der Waals surface area (Å²) in [6.45, 7) is 0.517. The second kappa shape index (κ2) is 7.06. The summed E-state index contributed by atoms with van der Waals surface area (Å²) in [4.78, 5) is 11.1. The summed E-state index contributed by atoms with van der Waals surface area (Å²) in [7, 11) is 1.36. The molecule has 0 N–H and O–H groups in total. The number of hydrogen-bond acceptors (Lipinski definition) is 3. The molecule has 0 heterocycles.